The van der Waals surface area contributed by atoms with Crippen LogP contribution in [0.15, 0.2) is 76.6 Å². The van der Waals surface area contributed by atoms with Crippen LogP contribution in [0.2, 0.25) is 5.02 Å². The average molecular weight is 691 g/mol. The fourth-order valence-electron chi connectivity index (χ4n) is 5.34. The van der Waals surface area contributed by atoms with E-state index in [1.807, 2.05) is 0 Å². The predicted octanol–water partition coefficient (Wildman–Crippen LogP) is 5.83. The van der Waals surface area contributed by atoms with Gasteiger partial charge < -0.3 is 15.0 Å². The van der Waals surface area contributed by atoms with Gasteiger partial charge in [0.05, 0.1) is 27.1 Å². The number of amides is 3. The highest BCUT2D eigenvalue weighted by Gasteiger charge is 2.57. The minimum Gasteiger partial charge on any atom is -0.483 e. The SMILES string of the molecule is O=C(COc1ccc(Cl)cc1C1c2sc(=O)[nH]c2SC2C(=O)N(c3ccc([N+](=O)[O-])cc3)C(=O)C21)Nc1cccc(C(F)(F)F)c1. The van der Waals surface area contributed by atoms with Crippen LogP contribution in [0.1, 0.15) is 21.9 Å². The van der Waals surface area contributed by atoms with E-state index in [0.717, 1.165) is 46.2 Å². The van der Waals surface area contributed by atoms with E-state index in [4.69, 9.17) is 16.3 Å². The topological polar surface area (TPSA) is 152 Å². The first-order valence-corrected chi connectivity index (χ1v) is 15.3. The third-order valence-electron chi connectivity index (χ3n) is 7.28. The molecule has 0 aliphatic carbocycles. The van der Waals surface area contributed by atoms with Crippen LogP contribution < -0.4 is 19.8 Å². The molecule has 3 aromatic carbocycles. The summed E-state index contributed by atoms with van der Waals surface area (Å²) in [7, 11) is 0. The molecule has 0 bridgehead atoms. The zero-order valence-corrected chi connectivity index (χ0v) is 25.3. The van der Waals surface area contributed by atoms with E-state index in [0.29, 0.717) is 9.90 Å². The molecule has 3 amide bonds. The van der Waals surface area contributed by atoms with Crippen LogP contribution in [0.4, 0.5) is 30.2 Å². The molecule has 0 spiro atoms. The predicted molar refractivity (Wildman–Crippen MR) is 163 cm³/mol. The summed E-state index contributed by atoms with van der Waals surface area (Å²) in [5.41, 5.74) is -0.867. The number of carbonyl (C=O) groups is 3. The molecule has 1 aromatic heterocycles. The monoisotopic (exact) mass is 690 g/mol. The minimum atomic E-state index is -4.61. The summed E-state index contributed by atoms with van der Waals surface area (Å²) in [5, 5.41) is 13.1. The number of ether oxygens (including phenoxy) is 1. The Kier molecular flexibility index (Phi) is 8.12. The number of nitrogens with one attached hydrogen (secondary N) is 2. The van der Waals surface area contributed by atoms with E-state index in [1.54, 1.807) is 0 Å². The molecule has 1 saturated heterocycles. The zero-order valence-electron chi connectivity index (χ0n) is 22.9. The first-order valence-electron chi connectivity index (χ1n) is 13.2. The number of benzene rings is 3. The molecule has 3 atom stereocenters. The molecule has 4 aromatic rings. The number of nitrogens with zero attached hydrogens (tertiary/aromatic N) is 2. The van der Waals surface area contributed by atoms with E-state index < -0.39 is 63.0 Å². The molecular formula is C29H18ClF3N4O7S2. The van der Waals surface area contributed by atoms with Crippen molar-refractivity contribution in [1.82, 2.24) is 4.98 Å². The number of halogens is 4. The van der Waals surface area contributed by atoms with Crippen molar-refractivity contribution in [3.8, 4) is 5.75 Å². The Morgan fingerprint density at radius 3 is 2.50 bits per heavy atom. The summed E-state index contributed by atoms with van der Waals surface area (Å²) in [4.78, 5) is 67.0. The van der Waals surface area contributed by atoms with Crippen LogP contribution in [0, 0.1) is 16.0 Å². The van der Waals surface area contributed by atoms with Gasteiger partial charge in [0.25, 0.3) is 11.6 Å². The molecule has 11 nitrogen and oxygen atoms in total. The van der Waals surface area contributed by atoms with Crippen molar-refractivity contribution in [3.05, 3.63) is 108 Å². The van der Waals surface area contributed by atoms with Gasteiger partial charge in [-0.25, -0.2) is 4.90 Å². The minimum absolute atomic E-state index is 0.0834. The van der Waals surface area contributed by atoms with Crippen molar-refractivity contribution >= 4 is 69.5 Å². The van der Waals surface area contributed by atoms with Crippen molar-refractivity contribution in [1.29, 1.82) is 0 Å². The first-order chi connectivity index (χ1) is 21.8. The third-order valence-corrected chi connectivity index (χ3v) is 9.92. The summed E-state index contributed by atoms with van der Waals surface area (Å²) < 4.78 is 45.1. The number of fused-ring (bicyclic) bond motifs is 2. The molecule has 3 heterocycles. The van der Waals surface area contributed by atoms with Crippen molar-refractivity contribution in [2.24, 2.45) is 5.92 Å². The maximum atomic E-state index is 14.0. The van der Waals surface area contributed by atoms with Gasteiger partial charge in [-0.1, -0.05) is 40.8 Å². The average Bonchev–Trinajstić information content (AvgIpc) is 3.50. The van der Waals surface area contributed by atoms with Gasteiger partial charge in [-0.15, -0.1) is 0 Å². The molecule has 2 N–H and O–H groups in total. The number of H-pyrrole nitrogens is 1. The lowest BCUT2D eigenvalue weighted by Crippen LogP contribution is -2.32. The fourth-order valence-corrected chi connectivity index (χ4v) is 8.02. The number of hydrogen-bond acceptors (Lipinski definition) is 9. The molecule has 0 radical (unpaired) electrons. The smallest absolute Gasteiger partial charge is 0.416 e. The number of alkyl halides is 3. The normalized spacial score (nSPS) is 19.0. The van der Waals surface area contributed by atoms with Gasteiger partial charge in [-0.3, -0.25) is 29.3 Å². The Morgan fingerprint density at radius 2 is 1.80 bits per heavy atom. The van der Waals surface area contributed by atoms with Crippen molar-refractivity contribution in [2.75, 3.05) is 16.8 Å². The van der Waals surface area contributed by atoms with Gasteiger partial charge >= 0.3 is 11.0 Å². The van der Waals surface area contributed by atoms with Crippen LogP contribution in [-0.4, -0.2) is 39.5 Å². The van der Waals surface area contributed by atoms with Crippen LogP contribution in [0.3, 0.4) is 0 Å². The molecule has 3 unspecified atom stereocenters. The number of imide groups is 1. The van der Waals surface area contributed by atoms with Crippen LogP contribution in [0.5, 0.6) is 5.75 Å². The number of thioether (sulfide) groups is 1. The Bertz CT molecular complexity index is 1970. The lowest BCUT2D eigenvalue weighted by molar-refractivity contribution is -0.384. The Labute approximate surface area is 269 Å². The summed E-state index contributed by atoms with van der Waals surface area (Å²) in [6, 6.07) is 13.4. The second kappa shape index (κ2) is 11.9. The number of nitro groups is 1. The molecular weight excluding hydrogens is 673 g/mol. The molecule has 2 aliphatic heterocycles. The summed E-state index contributed by atoms with van der Waals surface area (Å²) in [5.74, 6) is -3.92. The van der Waals surface area contributed by atoms with E-state index >= 15 is 0 Å². The number of thiazole rings is 1. The Hall–Kier alpha value is -4.67. The van der Waals surface area contributed by atoms with E-state index in [1.165, 1.54) is 48.5 Å². The second-order valence-electron chi connectivity index (χ2n) is 10.1. The lowest BCUT2D eigenvalue weighted by atomic mass is 9.82. The van der Waals surface area contributed by atoms with E-state index in [2.05, 4.69) is 10.3 Å². The third kappa shape index (κ3) is 5.86. The number of non-ortho nitro benzene ring substituents is 1. The molecule has 1 fully saturated rings. The summed E-state index contributed by atoms with van der Waals surface area (Å²) in [6.07, 6.45) is -4.61. The number of rotatable bonds is 7. The largest absolute Gasteiger partial charge is 0.483 e. The van der Waals surface area contributed by atoms with Crippen molar-refractivity contribution in [3.63, 3.8) is 0 Å². The number of aromatic amines is 1. The van der Waals surface area contributed by atoms with Gasteiger partial charge in [0.15, 0.2) is 6.61 Å². The number of hydrogen-bond donors (Lipinski definition) is 2. The number of nitro benzene ring substituents is 1. The van der Waals surface area contributed by atoms with Crippen LogP contribution in [0.25, 0.3) is 0 Å². The van der Waals surface area contributed by atoms with Gasteiger partial charge in [0.2, 0.25) is 11.8 Å². The van der Waals surface area contributed by atoms with Crippen LogP contribution in [-0.2, 0) is 20.6 Å². The Balaban J connectivity index is 1.32. The van der Waals surface area contributed by atoms with Gasteiger partial charge in [-0.05, 0) is 48.5 Å². The number of anilines is 2. The van der Waals surface area contributed by atoms with Gasteiger partial charge in [-0.2, -0.15) is 13.2 Å². The van der Waals surface area contributed by atoms with Crippen molar-refractivity contribution < 1.29 is 37.2 Å². The highest BCUT2D eigenvalue weighted by atomic mass is 35.5. The summed E-state index contributed by atoms with van der Waals surface area (Å²) >= 11 is 8.19. The van der Waals surface area contributed by atoms with Crippen LogP contribution >= 0.6 is 34.7 Å². The molecule has 6 rings (SSSR count). The Morgan fingerprint density at radius 1 is 1.07 bits per heavy atom. The standard InChI is InChI=1S/C29H18ClF3N4O7S2/c30-14-4-9-19(44-12-20(38)34-15-3-1-2-13(10-15)29(31,32)33)18(11-14)21-22-24(45-25-23(21)46-28(41)35-25)27(40)36(26(22)39)16-5-7-17(8-6-16)37(42)43/h1-11,21-22,24H,12H2,(H,34,38)(H,35,41). The van der Waals surface area contributed by atoms with Gasteiger partial charge in [0.1, 0.15) is 11.0 Å². The molecule has 236 valence electrons. The van der Waals surface area contributed by atoms with E-state index in [-0.39, 0.29) is 33.4 Å². The highest BCUT2D eigenvalue weighted by Crippen LogP contribution is 2.54. The maximum Gasteiger partial charge on any atom is 0.416 e. The highest BCUT2D eigenvalue weighted by molar-refractivity contribution is 8.00. The maximum absolute atomic E-state index is 14.0. The van der Waals surface area contributed by atoms with Crippen molar-refractivity contribution in [2.45, 2.75) is 22.4 Å². The summed E-state index contributed by atoms with van der Waals surface area (Å²) in [6.45, 7) is -0.640. The van der Waals surface area contributed by atoms with Gasteiger partial charge in [0, 0.05) is 39.2 Å². The fraction of sp³-hybridized carbons (Fsp3) is 0.172. The molecule has 0 saturated carbocycles. The molecule has 2 aliphatic rings. The van der Waals surface area contributed by atoms with E-state index in [9.17, 15) is 42.5 Å². The second-order valence-corrected chi connectivity index (χ2v) is 12.7. The molecule has 17 heteroatoms. The number of aromatic nitrogens is 1. The lowest BCUT2D eigenvalue weighted by Gasteiger charge is -2.31. The quantitative estimate of drug-likeness (QED) is 0.140. The first kappa shape index (κ1) is 31.3. The zero-order chi connectivity index (χ0) is 32.9. The molecule has 46 heavy (non-hydrogen) atoms. The number of carbonyl (C=O) groups excluding carboxylic acids is 3.